The summed E-state index contributed by atoms with van der Waals surface area (Å²) in [6.07, 6.45) is 2.17. The minimum absolute atomic E-state index is 0.0507. The largest absolute Gasteiger partial charge is 0.353 e. The molecule has 0 unspecified atom stereocenters. The summed E-state index contributed by atoms with van der Waals surface area (Å²) in [7, 11) is 0. The molecule has 0 aromatic carbocycles. The molecule has 0 radical (unpaired) electrons. The van der Waals surface area contributed by atoms with E-state index in [1.165, 1.54) is 9.78 Å². The number of amides is 3. The monoisotopic (exact) mass is 367 g/mol. The van der Waals surface area contributed by atoms with Gasteiger partial charge in [-0.25, -0.2) is 0 Å². The van der Waals surface area contributed by atoms with Crippen LogP contribution in [-0.4, -0.2) is 58.3 Å². The zero-order valence-corrected chi connectivity index (χ0v) is 15.2. The standard InChI is InChI=1S/C16H21N3O3S2/c1-11(18-7-2-4-12(18)13-5-3-9-23-13)15(21)17-6-8-19-14(20)10-24-16(19)22/h3,5,9,11-12H,2,4,6-8,10H2,1H3,(H,17,21)/t11-,12-/m0/s1. The number of thioether (sulfide) groups is 1. The number of carbonyl (C=O) groups is 3. The van der Waals surface area contributed by atoms with Crippen molar-refractivity contribution in [1.82, 2.24) is 15.1 Å². The normalized spacial score (nSPS) is 23.0. The van der Waals surface area contributed by atoms with E-state index < -0.39 is 0 Å². The first kappa shape index (κ1) is 17.4. The number of nitrogens with zero attached hydrogens (tertiary/aromatic N) is 2. The summed E-state index contributed by atoms with van der Waals surface area (Å²) in [6, 6.07) is 4.26. The molecule has 3 amide bonds. The minimum Gasteiger partial charge on any atom is -0.353 e. The lowest BCUT2D eigenvalue weighted by atomic mass is 10.1. The van der Waals surface area contributed by atoms with Gasteiger partial charge < -0.3 is 5.32 Å². The van der Waals surface area contributed by atoms with Crippen LogP contribution in [0.15, 0.2) is 17.5 Å². The smallest absolute Gasteiger partial charge is 0.288 e. The first-order valence-electron chi connectivity index (χ1n) is 8.12. The molecule has 0 spiro atoms. The molecule has 130 valence electrons. The summed E-state index contributed by atoms with van der Waals surface area (Å²) in [5.74, 6) is -0.0192. The van der Waals surface area contributed by atoms with Gasteiger partial charge in [-0.15, -0.1) is 11.3 Å². The Bertz CT molecular complexity index is 604. The molecule has 1 aromatic rings. The molecule has 2 aliphatic heterocycles. The summed E-state index contributed by atoms with van der Waals surface area (Å²) in [6.45, 7) is 3.39. The van der Waals surface area contributed by atoms with Crippen molar-refractivity contribution in [2.24, 2.45) is 0 Å². The number of rotatable bonds is 6. The molecule has 0 aliphatic carbocycles. The quantitative estimate of drug-likeness (QED) is 0.834. The average molecular weight is 367 g/mol. The van der Waals surface area contributed by atoms with Gasteiger partial charge in [0.1, 0.15) is 0 Å². The molecule has 6 nitrogen and oxygen atoms in total. The molecule has 8 heteroatoms. The lowest BCUT2D eigenvalue weighted by Crippen LogP contribution is -2.46. The van der Waals surface area contributed by atoms with Gasteiger partial charge in [0.05, 0.1) is 11.8 Å². The first-order valence-corrected chi connectivity index (χ1v) is 9.98. The van der Waals surface area contributed by atoms with E-state index in [1.54, 1.807) is 11.3 Å². The molecule has 1 aromatic heterocycles. The van der Waals surface area contributed by atoms with Crippen LogP contribution in [0.2, 0.25) is 0 Å². The van der Waals surface area contributed by atoms with Crippen molar-refractivity contribution >= 4 is 40.2 Å². The van der Waals surface area contributed by atoms with Crippen LogP contribution in [0.4, 0.5) is 4.79 Å². The summed E-state index contributed by atoms with van der Waals surface area (Å²) >= 11 is 2.75. The van der Waals surface area contributed by atoms with Crippen molar-refractivity contribution in [3.8, 4) is 0 Å². The van der Waals surface area contributed by atoms with Crippen LogP contribution in [-0.2, 0) is 9.59 Å². The Labute approximate surface area is 149 Å². The molecule has 1 N–H and O–H groups in total. The van der Waals surface area contributed by atoms with E-state index in [4.69, 9.17) is 0 Å². The Morgan fingerprint density at radius 3 is 2.96 bits per heavy atom. The third-order valence-corrected chi connectivity index (χ3v) is 6.35. The van der Waals surface area contributed by atoms with Crippen molar-refractivity contribution < 1.29 is 14.4 Å². The van der Waals surface area contributed by atoms with Crippen LogP contribution in [0.1, 0.15) is 30.7 Å². The van der Waals surface area contributed by atoms with Crippen LogP contribution in [0, 0.1) is 0 Å². The Balaban J connectivity index is 1.51. The fraction of sp³-hybridized carbons (Fsp3) is 0.562. The summed E-state index contributed by atoms with van der Waals surface area (Å²) in [4.78, 5) is 40.3. The first-order chi connectivity index (χ1) is 11.6. The van der Waals surface area contributed by atoms with E-state index in [0.717, 1.165) is 31.1 Å². The average Bonchev–Trinajstić information content (AvgIpc) is 3.30. The number of imide groups is 1. The molecule has 24 heavy (non-hydrogen) atoms. The van der Waals surface area contributed by atoms with Crippen molar-refractivity contribution in [3.63, 3.8) is 0 Å². The lowest BCUT2D eigenvalue weighted by molar-refractivity contribution is -0.127. The SMILES string of the molecule is C[C@@H](C(=O)NCCN1C(=O)CSC1=O)N1CCC[C@H]1c1cccs1. The highest BCUT2D eigenvalue weighted by Gasteiger charge is 2.34. The van der Waals surface area contributed by atoms with Gasteiger partial charge in [-0.2, -0.15) is 0 Å². The second kappa shape index (κ2) is 7.67. The van der Waals surface area contributed by atoms with Crippen molar-refractivity contribution in [3.05, 3.63) is 22.4 Å². The molecule has 2 fully saturated rings. The number of hydrogen-bond donors (Lipinski definition) is 1. The van der Waals surface area contributed by atoms with E-state index >= 15 is 0 Å². The van der Waals surface area contributed by atoms with Crippen LogP contribution < -0.4 is 5.32 Å². The predicted octanol–water partition coefficient (Wildman–Crippen LogP) is 2.09. The maximum Gasteiger partial charge on any atom is 0.288 e. The molecule has 3 rings (SSSR count). The minimum atomic E-state index is -0.223. The fourth-order valence-electron chi connectivity index (χ4n) is 3.23. The van der Waals surface area contributed by atoms with Gasteiger partial charge in [0.2, 0.25) is 11.8 Å². The zero-order chi connectivity index (χ0) is 17.1. The van der Waals surface area contributed by atoms with Gasteiger partial charge in [0.25, 0.3) is 5.24 Å². The Hall–Kier alpha value is -1.38. The summed E-state index contributed by atoms with van der Waals surface area (Å²) in [5, 5.41) is 4.71. The lowest BCUT2D eigenvalue weighted by Gasteiger charge is -2.29. The third kappa shape index (κ3) is 3.65. The van der Waals surface area contributed by atoms with E-state index in [-0.39, 0.29) is 35.4 Å². The fourth-order valence-corrected chi connectivity index (χ4v) is 4.86. The van der Waals surface area contributed by atoms with Crippen LogP contribution in [0.25, 0.3) is 0 Å². The molecule has 2 saturated heterocycles. The topological polar surface area (TPSA) is 69.7 Å². The van der Waals surface area contributed by atoms with Gasteiger partial charge in [-0.05, 0) is 37.8 Å². The van der Waals surface area contributed by atoms with Crippen LogP contribution in [0.3, 0.4) is 0 Å². The molecule has 0 bridgehead atoms. The summed E-state index contributed by atoms with van der Waals surface area (Å²) < 4.78 is 0. The van der Waals surface area contributed by atoms with E-state index in [1.807, 2.05) is 13.0 Å². The second-order valence-corrected chi connectivity index (χ2v) is 7.88. The number of likely N-dealkylation sites (tertiary alicyclic amines) is 1. The second-order valence-electron chi connectivity index (χ2n) is 5.98. The van der Waals surface area contributed by atoms with Crippen LogP contribution in [0.5, 0.6) is 0 Å². The highest BCUT2D eigenvalue weighted by atomic mass is 32.2. The molecule has 2 aliphatic rings. The van der Waals surface area contributed by atoms with Crippen molar-refractivity contribution in [1.29, 1.82) is 0 Å². The van der Waals surface area contributed by atoms with Crippen LogP contribution >= 0.6 is 23.1 Å². The molecule has 3 heterocycles. The van der Waals surface area contributed by atoms with E-state index in [2.05, 4.69) is 21.7 Å². The predicted molar refractivity (Wildman–Crippen MR) is 95.0 cm³/mol. The number of carbonyl (C=O) groups excluding carboxylic acids is 3. The molecular formula is C16H21N3O3S2. The molecule has 0 saturated carbocycles. The number of hydrogen-bond acceptors (Lipinski definition) is 6. The molecule has 2 atom stereocenters. The van der Waals surface area contributed by atoms with Crippen molar-refractivity contribution in [2.75, 3.05) is 25.4 Å². The Morgan fingerprint density at radius 2 is 2.29 bits per heavy atom. The maximum absolute atomic E-state index is 12.4. The number of nitrogens with one attached hydrogen (secondary N) is 1. The van der Waals surface area contributed by atoms with E-state index in [9.17, 15) is 14.4 Å². The third-order valence-electron chi connectivity index (χ3n) is 4.52. The van der Waals surface area contributed by atoms with Gasteiger partial charge in [0, 0.05) is 24.0 Å². The van der Waals surface area contributed by atoms with Gasteiger partial charge in [-0.1, -0.05) is 17.8 Å². The number of thiophene rings is 1. The zero-order valence-electron chi connectivity index (χ0n) is 13.6. The van der Waals surface area contributed by atoms with Gasteiger partial charge in [0.15, 0.2) is 0 Å². The highest BCUT2D eigenvalue weighted by Crippen LogP contribution is 2.35. The summed E-state index contributed by atoms with van der Waals surface area (Å²) in [5.41, 5.74) is 0. The maximum atomic E-state index is 12.4. The Kier molecular flexibility index (Phi) is 5.57. The van der Waals surface area contributed by atoms with Gasteiger partial charge >= 0.3 is 0 Å². The molecular weight excluding hydrogens is 346 g/mol. The highest BCUT2D eigenvalue weighted by molar-refractivity contribution is 8.14. The van der Waals surface area contributed by atoms with E-state index in [0.29, 0.717) is 12.6 Å². The van der Waals surface area contributed by atoms with Crippen molar-refractivity contribution in [2.45, 2.75) is 31.8 Å². The Morgan fingerprint density at radius 1 is 1.46 bits per heavy atom. The van der Waals surface area contributed by atoms with Gasteiger partial charge in [-0.3, -0.25) is 24.2 Å².